The molecule has 1 amide bonds. The van der Waals surface area contributed by atoms with Gasteiger partial charge in [-0.15, -0.1) is 0 Å². The minimum Gasteiger partial charge on any atom is -0.490 e. The lowest BCUT2D eigenvalue weighted by molar-refractivity contribution is 0.0970. The molecule has 0 aromatic heterocycles. The highest BCUT2D eigenvalue weighted by atomic mass is 32.2. The molecule has 36 heavy (non-hydrogen) atoms. The average Bonchev–Trinajstić information content (AvgIpc) is 2.85. The molecular formula is C26H27N3O5S2. The van der Waals surface area contributed by atoms with Gasteiger partial charge in [0.05, 0.1) is 22.8 Å². The number of carbonyl (C=O) groups is 1. The summed E-state index contributed by atoms with van der Waals surface area (Å²) in [5.41, 5.74) is 1.67. The Kier molecular flexibility index (Phi) is 9.18. The number of anilines is 2. The van der Waals surface area contributed by atoms with Gasteiger partial charge in [0.15, 0.2) is 5.11 Å². The Morgan fingerprint density at radius 3 is 2.25 bits per heavy atom. The molecule has 0 radical (unpaired) electrons. The van der Waals surface area contributed by atoms with E-state index in [1.807, 2.05) is 6.07 Å². The van der Waals surface area contributed by atoms with E-state index >= 15 is 0 Å². The zero-order valence-corrected chi connectivity index (χ0v) is 21.6. The first-order valence-corrected chi connectivity index (χ1v) is 12.8. The van der Waals surface area contributed by atoms with Crippen LogP contribution in [-0.2, 0) is 14.8 Å². The Bertz CT molecular complexity index is 1330. The van der Waals surface area contributed by atoms with Crippen LogP contribution in [0.1, 0.15) is 17.3 Å². The summed E-state index contributed by atoms with van der Waals surface area (Å²) in [6.07, 6.45) is 0. The standard InChI is InChI=1S/C26H27N3O5S2/c1-19(2)29(21-9-5-4-6-10-21)36(31,32)22-15-13-20(14-16-22)27-26(35)28-25(30)23-11-7-8-12-24(23)34-18-17-33-3/h4-16H,1,17-18H2,2-3H3,(H2,27,28,30,35). The van der Waals surface area contributed by atoms with Crippen molar-refractivity contribution in [2.24, 2.45) is 0 Å². The van der Waals surface area contributed by atoms with Crippen LogP contribution in [0.4, 0.5) is 11.4 Å². The van der Waals surface area contributed by atoms with Crippen LogP contribution in [0.2, 0.25) is 0 Å². The molecular weight excluding hydrogens is 498 g/mol. The van der Waals surface area contributed by atoms with Gasteiger partial charge in [-0.05, 0) is 67.7 Å². The molecule has 188 valence electrons. The van der Waals surface area contributed by atoms with Gasteiger partial charge >= 0.3 is 0 Å². The molecule has 0 aliphatic carbocycles. The number of sulfonamides is 1. The molecule has 8 nitrogen and oxygen atoms in total. The van der Waals surface area contributed by atoms with Gasteiger partial charge in [-0.3, -0.25) is 10.1 Å². The summed E-state index contributed by atoms with van der Waals surface area (Å²) in [5, 5.41) is 5.55. The maximum absolute atomic E-state index is 13.3. The number of ether oxygens (including phenoxy) is 2. The number of allylic oxidation sites excluding steroid dienone is 1. The minimum atomic E-state index is -3.89. The van der Waals surface area contributed by atoms with E-state index in [1.54, 1.807) is 74.7 Å². The summed E-state index contributed by atoms with van der Waals surface area (Å²) in [5.74, 6) is -0.0374. The monoisotopic (exact) mass is 525 g/mol. The second-order valence-corrected chi connectivity index (χ2v) is 9.81. The highest BCUT2D eigenvalue weighted by Gasteiger charge is 2.25. The molecule has 0 heterocycles. The van der Waals surface area contributed by atoms with Gasteiger partial charge in [0.2, 0.25) is 0 Å². The molecule has 0 bridgehead atoms. The van der Waals surface area contributed by atoms with Crippen molar-refractivity contribution < 1.29 is 22.7 Å². The number of nitrogens with zero attached hydrogens (tertiary/aromatic N) is 1. The summed E-state index contributed by atoms with van der Waals surface area (Å²) in [6.45, 7) is 6.13. The van der Waals surface area contributed by atoms with Gasteiger partial charge in [0.1, 0.15) is 12.4 Å². The Morgan fingerprint density at radius 1 is 0.972 bits per heavy atom. The van der Waals surface area contributed by atoms with Gasteiger partial charge in [0.25, 0.3) is 15.9 Å². The van der Waals surface area contributed by atoms with Crippen LogP contribution in [-0.4, -0.2) is 39.8 Å². The number of nitrogens with one attached hydrogen (secondary N) is 2. The van der Waals surface area contributed by atoms with E-state index in [0.717, 1.165) is 0 Å². The Labute approximate surface area is 216 Å². The third kappa shape index (κ3) is 6.69. The number of carbonyl (C=O) groups excluding carboxylic acids is 1. The fraction of sp³-hybridized carbons (Fsp3) is 0.154. The lowest BCUT2D eigenvalue weighted by Crippen LogP contribution is -2.34. The second-order valence-electron chi connectivity index (χ2n) is 7.61. The van der Waals surface area contributed by atoms with E-state index in [-0.39, 0.29) is 10.0 Å². The predicted molar refractivity (Wildman–Crippen MR) is 145 cm³/mol. The summed E-state index contributed by atoms with van der Waals surface area (Å²) < 4.78 is 38.3. The zero-order chi connectivity index (χ0) is 26.1. The van der Waals surface area contributed by atoms with E-state index < -0.39 is 15.9 Å². The van der Waals surface area contributed by atoms with Crippen molar-refractivity contribution in [3.05, 3.63) is 96.7 Å². The quantitative estimate of drug-likeness (QED) is 0.296. The molecule has 3 aromatic carbocycles. The third-order valence-corrected chi connectivity index (χ3v) is 6.97. The van der Waals surface area contributed by atoms with Crippen molar-refractivity contribution in [3.8, 4) is 5.75 Å². The number of amides is 1. The Hall–Kier alpha value is -3.73. The maximum atomic E-state index is 13.3. The topological polar surface area (TPSA) is 97.0 Å². The Morgan fingerprint density at radius 2 is 1.61 bits per heavy atom. The molecule has 0 atom stereocenters. The van der Waals surface area contributed by atoms with Gasteiger partial charge in [-0.2, -0.15) is 0 Å². The first-order chi connectivity index (χ1) is 17.2. The van der Waals surface area contributed by atoms with E-state index in [1.165, 1.54) is 16.4 Å². The summed E-state index contributed by atoms with van der Waals surface area (Å²) >= 11 is 5.27. The molecule has 3 aromatic rings. The molecule has 2 N–H and O–H groups in total. The number of hydrogen-bond donors (Lipinski definition) is 2. The smallest absolute Gasteiger partial charge is 0.268 e. The molecule has 0 spiro atoms. The van der Waals surface area contributed by atoms with Crippen LogP contribution in [0.15, 0.2) is 96.0 Å². The van der Waals surface area contributed by atoms with E-state index in [0.29, 0.717) is 41.6 Å². The molecule has 0 fully saturated rings. The summed E-state index contributed by atoms with van der Waals surface area (Å²) in [4.78, 5) is 12.8. The van der Waals surface area contributed by atoms with Crippen LogP contribution in [0, 0.1) is 0 Å². The normalized spacial score (nSPS) is 10.8. The van der Waals surface area contributed by atoms with Gasteiger partial charge in [-0.1, -0.05) is 36.9 Å². The molecule has 10 heteroatoms. The molecule has 3 rings (SSSR count). The fourth-order valence-electron chi connectivity index (χ4n) is 3.29. The number of methoxy groups -OCH3 is 1. The first kappa shape index (κ1) is 26.9. The van der Waals surface area contributed by atoms with Crippen LogP contribution >= 0.6 is 12.2 Å². The number of rotatable bonds is 10. The Balaban J connectivity index is 1.69. The largest absolute Gasteiger partial charge is 0.490 e. The van der Waals surface area contributed by atoms with E-state index in [9.17, 15) is 13.2 Å². The van der Waals surface area contributed by atoms with Crippen molar-refractivity contribution in [1.82, 2.24) is 5.32 Å². The van der Waals surface area contributed by atoms with Crippen LogP contribution < -0.4 is 19.7 Å². The summed E-state index contributed by atoms with van der Waals surface area (Å²) in [7, 11) is -2.32. The van der Waals surface area contributed by atoms with Crippen molar-refractivity contribution in [2.75, 3.05) is 29.9 Å². The molecule has 0 aliphatic rings. The van der Waals surface area contributed by atoms with Gasteiger partial charge < -0.3 is 14.8 Å². The molecule has 0 saturated heterocycles. The SMILES string of the molecule is C=C(C)N(c1ccccc1)S(=O)(=O)c1ccc(NC(=S)NC(=O)c2ccccc2OCCOC)cc1. The molecule has 0 saturated carbocycles. The predicted octanol–water partition coefficient (Wildman–Crippen LogP) is 4.57. The summed E-state index contributed by atoms with van der Waals surface area (Å²) in [6, 6.07) is 21.6. The lowest BCUT2D eigenvalue weighted by Gasteiger charge is -2.24. The lowest BCUT2D eigenvalue weighted by atomic mass is 10.2. The van der Waals surface area contributed by atoms with Crippen molar-refractivity contribution >= 4 is 44.6 Å². The fourth-order valence-corrected chi connectivity index (χ4v) is 5.00. The van der Waals surface area contributed by atoms with Crippen molar-refractivity contribution in [2.45, 2.75) is 11.8 Å². The van der Waals surface area contributed by atoms with Crippen LogP contribution in [0.3, 0.4) is 0 Å². The number of hydrogen-bond acceptors (Lipinski definition) is 6. The van der Waals surface area contributed by atoms with E-state index in [4.69, 9.17) is 21.7 Å². The first-order valence-electron chi connectivity index (χ1n) is 10.9. The molecule has 0 unspecified atom stereocenters. The third-order valence-electron chi connectivity index (χ3n) is 4.89. The number of thiocarbonyl (C=S) groups is 1. The zero-order valence-electron chi connectivity index (χ0n) is 19.9. The second kappa shape index (κ2) is 12.3. The molecule has 0 aliphatic heterocycles. The van der Waals surface area contributed by atoms with Gasteiger partial charge in [-0.25, -0.2) is 12.7 Å². The van der Waals surface area contributed by atoms with Gasteiger partial charge in [0, 0.05) is 18.5 Å². The average molecular weight is 526 g/mol. The number of benzene rings is 3. The number of para-hydroxylation sites is 2. The minimum absolute atomic E-state index is 0.0511. The van der Waals surface area contributed by atoms with E-state index in [2.05, 4.69) is 17.2 Å². The van der Waals surface area contributed by atoms with Crippen molar-refractivity contribution in [1.29, 1.82) is 0 Å². The highest BCUT2D eigenvalue weighted by Crippen LogP contribution is 2.27. The van der Waals surface area contributed by atoms with Crippen LogP contribution in [0.5, 0.6) is 5.75 Å². The van der Waals surface area contributed by atoms with Crippen molar-refractivity contribution in [3.63, 3.8) is 0 Å². The highest BCUT2D eigenvalue weighted by molar-refractivity contribution is 7.93. The maximum Gasteiger partial charge on any atom is 0.268 e. The van der Waals surface area contributed by atoms with Crippen LogP contribution in [0.25, 0.3) is 0 Å².